The van der Waals surface area contributed by atoms with Crippen molar-refractivity contribution in [2.24, 2.45) is 11.5 Å². The molecule has 1 saturated carbocycles. The fourth-order valence-electron chi connectivity index (χ4n) is 5.13. The largest absolute Gasteiger partial charge is 0.388 e. The number of rotatable bonds is 8. The van der Waals surface area contributed by atoms with Crippen molar-refractivity contribution >= 4 is 22.6 Å². The minimum atomic E-state index is -0.413. The van der Waals surface area contributed by atoms with E-state index in [-0.39, 0.29) is 17.5 Å². The summed E-state index contributed by atoms with van der Waals surface area (Å²) >= 11 is 0. The van der Waals surface area contributed by atoms with Crippen LogP contribution in [0.4, 0.5) is 5.69 Å². The molecule has 2 aromatic carbocycles. The fourth-order valence-corrected chi connectivity index (χ4v) is 5.13. The van der Waals surface area contributed by atoms with Gasteiger partial charge in [-0.25, -0.2) is 4.98 Å². The van der Waals surface area contributed by atoms with E-state index < -0.39 is 5.54 Å². The maximum absolute atomic E-state index is 13.4. The van der Waals surface area contributed by atoms with Crippen molar-refractivity contribution in [1.29, 1.82) is 0 Å². The number of benzene rings is 2. The molecule has 1 aromatic heterocycles. The average Bonchev–Trinajstić information content (AvgIpc) is 3.40. The summed E-state index contributed by atoms with van der Waals surface area (Å²) in [7, 11) is 1.89. The van der Waals surface area contributed by atoms with Crippen molar-refractivity contribution in [3.05, 3.63) is 60.2 Å². The average molecular weight is 461 g/mol. The molecule has 1 amide bonds. The Morgan fingerprint density at radius 3 is 2.65 bits per heavy atom. The van der Waals surface area contributed by atoms with Gasteiger partial charge in [0.05, 0.1) is 11.0 Å². The van der Waals surface area contributed by atoms with Crippen LogP contribution in [0, 0.1) is 0 Å². The summed E-state index contributed by atoms with van der Waals surface area (Å²) < 4.78 is 0. The number of carbonyl (C=O) groups excluding carboxylic acids is 1. The van der Waals surface area contributed by atoms with Gasteiger partial charge in [-0.15, -0.1) is 0 Å². The molecule has 3 atom stereocenters. The van der Waals surface area contributed by atoms with Gasteiger partial charge < -0.3 is 27.1 Å². The monoisotopic (exact) mass is 460 g/mol. The lowest BCUT2D eigenvalue weighted by Crippen LogP contribution is -2.52. The van der Waals surface area contributed by atoms with E-state index in [1.54, 1.807) is 0 Å². The molecule has 3 aromatic rings. The highest BCUT2D eigenvalue weighted by Crippen LogP contribution is 2.41. The number of imidazole rings is 1. The van der Waals surface area contributed by atoms with E-state index in [1.807, 2.05) is 68.6 Å². The highest BCUT2D eigenvalue weighted by atomic mass is 16.1. The molecule has 1 heterocycles. The van der Waals surface area contributed by atoms with Gasteiger partial charge in [-0.1, -0.05) is 19.1 Å². The zero-order chi connectivity index (χ0) is 24.3. The highest BCUT2D eigenvalue weighted by molar-refractivity contribution is 5.98. The molecular weight excluding hydrogens is 424 g/mol. The van der Waals surface area contributed by atoms with Crippen molar-refractivity contribution in [2.75, 3.05) is 12.4 Å². The molecule has 1 aliphatic carbocycles. The summed E-state index contributed by atoms with van der Waals surface area (Å²) in [6.45, 7) is 4.07. The van der Waals surface area contributed by atoms with Crippen LogP contribution in [0.15, 0.2) is 54.6 Å². The minimum absolute atomic E-state index is 0.107. The molecular formula is C27H36N6O. The number of allylic oxidation sites excluding steroid dienone is 1. The normalized spacial score (nSPS) is 23.4. The van der Waals surface area contributed by atoms with Crippen molar-refractivity contribution in [2.45, 2.75) is 63.1 Å². The second-order valence-electron chi connectivity index (χ2n) is 9.67. The number of nitrogens with two attached hydrogens (primary N) is 2. The van der Waals surface area contributed by atoms with Crippen LogP contribution >= 0.6 is 0 Å². The van der Waals surface area contributed by atoms with E-state index in [2.05, 4.69) is 22.5 Å². The summed E-state index contributed by atoms with van der Waals surface area (Å²) in [5.74, 6) is 0.667. The second-order valence-corrected chi connectivity index (χ2v) is 9.67. The molecule has 34 heavy (non-hydrogen) atoms. The lowest BCUT2D eigenvalue weighted by atomic mass is 9.85. The van der Waals surface area contributed by atoms with Gasteiger partial charge in [0.1, 0.15) is 5.82 Å². The number of aromatic nitrogens is 2. The zero-order valence-corrected chi connectivity index (χ0v) is 20.3. The first-order valence-corrected chi connectivity index (χ1v) is 12.1. The third-order valence-corrected chi connectivity index (χ3v) is 7.13. The molecule has 7 nitrogen and oxygen atoms in total. The van der Waals surface area contributed by atoms with Crippen molar-refractivity contribution < 1.29 is 4.79 Å². The number of carbonyl (C=O) groups is 1. The molecule has 3 unspecified atom stereocenters. The Hall–Kier alpha value is -3.16. The summed E-state index contributed by atoms with van der Waals surface area (Å²) in [5.41, 5.74) is 16.6. The lowest BCUT2D eigenvalue weighted by molar-refractivity contribution is 0.0889. The van der Waals surface area contributed by atoms with Gasteiger partial charge >= 0.3 is 0 Å². The third kappa shape index (κ3) is 5.00. The van der Waals surface area contributed by atoms with Gasteiger partial charge in [0.25, 0.3) is 5.91 Å². The maximum Gasteiger partial charge on any atom is 0.251 e. The topological polar surface area (TPSA) is 122 Å². The van der Waals surface area contributed by atoms with Crippen molar-refractivity contribution in [3.63, 3.8) is 0 Å². The lowest BCUT2D eigenvalue weighted by Gasteiger charge is -2.34. The van der Waals surface area contributed by atoms with E-state index in [0.29, 0.717) is 12.0 Å². The standard InChI is InChI=1S/C27H36N6O/c1-4-6-20(28)16-27(14-13-26(29,5-2)17-27)33-25(34)19-9-12-22-23(15-19)32-24(31-22)18-7-10-21(30-3)11-8-18/h4,6-12,15,20,30H,5,13-14,16-17,28-29H2,1-3H3,(H,31,32)(H,33,34)/b6-4+. The number of nitrogens with one attached hydrogen (secondary N) is 3. The van der Waals surface area contributed by atoms with E-state index in [4.69, 9.17) is 16.5 Å². The molecule has 0 aliphatic heterocycles. The van der Waals surface area contributed by atoms with Gasteiger partial charge in [-0.2, -0.15) is 0 Å². The van der Waals surface area contributed by atoms with E-state index in [0.717, 1.165) is 53.8 Å². The second kappa shape index (κ2) is 9.60. The Labute approximate surface area is 201 Å². The molecule has 7 N–H and O–H groups in total. The number of nitrogens with zero attached hydrogens (tertiary/aromatic N) is 1. The highest BCUT2D eigenvalue weighted by Gasteiger charge is 2.46. The Morgan fingerprint density at radius 2 is 2.00 bits per heavy atom. The van der Waals surface area contributed by atoms with Crippen LogP contribution in [-0.4, -0.2) is 40.0 Å². The molecule has 1 fully saturated rings. The van der Waals surface area contributed by atoms with Crippen LogP contribution in [0.1, 0.15) is 56.3 Å². The van der Waals surface area contributed by atoms with Crippen LogP contribution in [0.25, 0.3) is 22.4 Å². The van der Waals surface area contributed by atoms with E-state index in [1.165, 1.54) is 0 Å². The third-order valence-electron chi connectivity index (χ3n) is 7.13. The first kappa shape index (κ1) is 24.0. The molecule has 0 spiro atoms. The molecule has 1 aliphatic rings. The number of aromatic amines is 1. The van der Waals surface area contributed by atoms with Crippen LogP contribution in [0.3, 0.4) is 0 Å². The van der Waals surface area contributed by atoms with Gasteiger partial charge in [0.2, 0.25) is 0 Å². The number of fused-ring (bicyclic) bond motifs is 1. The maximum atomic E-state index is 13.4. The van der Waals surface area contributed by atoms with Crippen LogP contribution in [0.2, 0.25) is 0 Å². The predicted molar refractivity (Wildman–Crippen MR) is 140 cm³/mol. The molecule has 4 rings (SSSR count). The van der Waals surface area contributed by atoms with Crippen LogP contribution in [0.5, 0.6) is 0 Å². The first-order chi connectivity index (χ1) is 16.3. The molecule has 0 radical (unpaired) electrons. The Bertz CT molecular complexity index is 1180. The Balaban J connectivity index is 1.57. The molecule has 7 heteroatoms. The minimum Gasteiger partial charge on any atom is -0.388 e. The van der Waals surface area contributed by atoms with E-state index in [9.17, 15) is 4.79 Å². The Morgan fingerprint density at radius 1 is 1.24 bits per heavy atom. The predicted octanol–water partition coefficient (Wildman–Crippen LogP) is 4.33. The molecule has 0 saturated heterocycles. The number of amides is 1. The summed E-state index contributed by atoms with van der Waals surface area (Å²) in [6, 6.07) is 13.5. The van der Waals surface area contributed by atoms with Gasteiger partial charge in [0, 0.05) is 41.0 Å². The number of anilines is 1. The summed E-state index contributed by atoms with van der Waals surface area (Å²) in [6.07, 6.45) is 7.92. The first-order valence-electron chi connectivity index (χ1n) is 12.1. The SMILES string of the molecule is C/C=C/C(N)CC1(NC(=O)c2ccc3nc(-c4ccc(NC)cc4)[nH]c3c2)CCC(N)(CC)C1. The Kier molecular flexibility index (Phi) is 6.77. The fraction of sp³-hybridized carbons (Fsp3) is 0.407. The van der Waals surface area contributed by atoms with Crippen LogP contribution in [-0.2, 0) is 0 Å². The van der Waals surface area contributed by atoms with Gasteiger partial charge in [-0.3, -0.25) is 4.79 Å². The van der Waals surface area contributed by atoms with Crippen molar-refractivity contribution in [1.82, 2.24) is 15.3 Å². The van der Waals surface area contributed by atoms with Gasteiger partial charge in [0.15, 0.2) is 0 Å². The number of hydrogen-bond acceptors (Lipinski definition) is 5. The number of hydrogen-bond donors (Lipinski definition) is 5. The van der Waals surface area contributed by atoms with Crippen LogP contribution < -0.4 is 22.1 Å². The number of H-pyrrole nitrogens is 1. The quantitative estimate of drug-likeness (QED) is 0.320. The molecule has 0 bridgehead atoms. The van der Waals surface area contributed by atoms with E-state index >= 15 is 0 Å². The molecule has 180 valence electrons. The zero-order valence-electron chi connectivity index (χ0n) is 20.3. The summed E-state index contributed by atoms with van der Waals surface area (Å²) in [5, 5.41) is 6.45. The van der Waals surface area contributed by atoms with Gasteiger partial charge in [-0.05, 0) is 81.5 Å². The van der Waals surface area contributed by atoms with Crippen molar-refractivity contribution in [3.8, 4) is 11.4 Å². The summed E-state index contributed by atoms with van der Waals surface area (Å²) in [4.78, 5) is 21.4. The smallest absolute Gasteiger partial charge is 0.251 e.